The Bertz CT molecular complexity index is 930. The molecule has 2 aromatic carbocycles. The fourth-order valence-corrected chi connectivity index (χ4v) is 4.22. The predicted octanol–water partition coefficient (Wildman–Crippen LogP) is 4.11. The summed E-state index contributed by atoms with van der Waals surface area (Å²) in [5.41, 5.74) is 5.37. The van der Waals surface area contributed by atoms with Gasteiger partial charge in [0.05, 0.1) is 0 Å². The topological polar surface area (TPSA) is 52.7 Å². The van der Waals surface area contributed by atoms with E-state index in [0.717, 1.165) is 18.7 Å². The maximum absolute atomic E-state index is 13.3. The Labute approximate surface area is 186 Å². The zero-order valence-corrected chi connectivity index (χ0v) is 19.4. The van der Waals surface area contributed by atoms with Crippen LogP contribution in [0.2, 0.25) is 0 Å². The average molecular weight is 422 g/mol. The van der Waals surface area contributed by atoms with Gasteiger partial charge in [-0.05, 0) is 61.9 Å². The summed E-state index contributed by atoms with van der Waals surface area (Å²) in [6.07, 6.45) is 0.633. The van der Waals surface area contributed by atoms with Crippen molar-refractivity contribution in [3.63, 3.8) is 0 Å². The van der Waals surface area contributed by atoms with Gasteiger partial charge in [-0.25, -0.2) is 0 Å². The van der Waals surface area contributed by atoms with Gasteiger partial charge in [-0.15, -0.1) is 0 Å². The molecule has 0 aromatic heterocycles. The van der Waals surface area contributed by atoms with Crippen molar-refractivity contribution >= 4 is 17.5 Å². The van der Waals surface area contributed by atoms with E-state index in [1.807, 2.05) is 36.1 Å². The molecular formula is C26H35N3O2. The smallest absolute Gasteiger partial charge is 0.252 e. The lowest BCUT2D eigenvalue weighted by Crippen LogP contribution is -2.55. The number of benzene rings is 2. The van der Waals surface area contributed by atoms with E-state index in [1.165, 1.54) is 16.8 Å². The number of piperazine rings is 1. The van der Waals surface area contributed by atoms with Gasteiger partial charge in [0.15, 0.2) is 0 Å². The van der Waals surface area contributed by atoms with Crippen LogP contribution < -0.4 is 10.2 Å². The number of amides is 2. The van der Waals surface area contributed by atoms with Crippen LogP contribution >= 0.6 is 0 Å². The minimum atomic E-state index is -0.501. The summed E-state index contributed by atoms with van der Waals surface area (Å²) >= 11 is 0. The standard InChI is InChI=1S/C26H35N3O2/c1-18(2)17-23(27-25(30)22-11-7-6-9-20(22)4)26(31)29-15-13-28(14-16-29)24-12-8-10-19(3)21(24)5/h6-12,18,23H,13-17H2,1-5H3,(H,27,30)/t23-/m0/s1. The van der Waals surface area contributed by atoms with Crippen LogP contribution in [-0.4, -0.2) is 48.9 Å². The van der Waals surface area contributed by atoms with E-state index in [1.54, 1.807) is 0 Å². The number of carbonyl (C=O) groups excluding carboxylic acids is 2. The van der Waals surface area contributed by atoms with Crippen molar-refractivity contribution in [3.05, 3.63) is 64.7 Å². The molecule has 5 nitrogen and oxygen atoms in total. The number of rotatable bonds is 6. The number of carbonyl (C=O) groups is 2. The lowest BCUT2D eigenvalue weighted by atomic mass is 10.0. The van der Waals surface area contributed by atoms with Crippen LogP contribution in [0.5, 0.6) is 0 Å². The van der Waals surface area contributed by atoms with E-state index in [4.69, 9.17) is 0 Å². The van der Waals surface area contributed by atoms with Crippen LogP contribution in [-0.2, 0) is 4.79 Å². The first-order valence-electron chi connectivity index (χ1n) is 11.2. The molecule has 3 rings (SSSR count). The van der Waals surface area contributed by atoms with Crippen LogP contribution in [0.15, 0.2) is 42.5 Å². The van der Waals surface area contributed by atoms with Crippen LogP contribution in [0.4, 0.5) is 5.69 Å². The summed E-state index contributed by atoms with van der Waals surface area (Å²) in [5.74, 6) is 0.157. The van der Waals surface area contributed by atoms with Crippen molar-refractivity contribution in [1.29, 1.82) is 0 Å². The Morgan fingerprint density at radius 2 is 1.55 bits per heavy atom. The van der Waals surface area contributed by atoms with Crippen LogP contribution in [0.3, 0.4) is 0 Å². The zero-order valence-electron chi connectivity index (χ0n) is 19.4. The Hall–Kier alpha value is -2.82. The van der Waals surface area contributed by atoms with Crippen LogP contribution in [0.25, 0.3) is 0 Å². The van der Waals surface area contributed by atoms with Gasteiger partial charge >= 0.3 is 0 Å². The first kappa shape index (κ1) is 22.9. The molecule has 0 saturated carbocycles. The normalized spacial score (nSPS) is 15.2. The van der Waals surface area contributed by atoms with Crippen molar-refractivity contribution in [2.45, 2.75) is 47.1 Å². The second-order valence-electron chi connectivity index (χ2n) is 9.00. The van der Waals surface area contributed by atoms with E-state index < -0.39 is 6.04 Å². The van der Waals surface area contributed by atoms with Gasteiger partial charge in [0.1, 0.15) is 6.04 Å². The molecule has 1 N–H and O–H groups in total. The van der Waals surface area contributed by atoms with E-state index >= 15 is 0 Å². The summed E-state index contributed by atoms with van der Waals surface area (Å²) in [6.45, 7) is 13.3. The molecule has 5 heteroatoms. The maximum Gasteiger partial charge on any atom is 0.252 e. The third kappa shape index (κ3) is 5.46. The van der Waals surface area contributed by atoms with Crippen LogP contribution in [0, 0.1) is 26.7 Å². The lowest BCUT2D eigenvalue weighted by molar-refractivity contribution is -0.134. The fraction of sp³-hybridized carbons (Fsp3) is 0.462. The van der Waals surface area contributed by atoms with Crippen molar-refractivity contribution in [2.24, 2.45) is 5.92 Å². The molecule has 166 valence electrons. The second kappa shape index (κ2) is 9.99. The second-order valence-corrected chi connectivity index (χ2v) is 9.00. The molecule has 1 heterocycles. The van der Waals surface area contributed by atoms with Crippen molar-refractivity contribution in [1.82, 2.24) is 10.2 Å². The minimum absolute atomic E-state index is 0.0243. The molecule has 0 unspecified atom stereocenters. The monoisotopic (exact) mass is 421 g/mol. The highest BCUT2D eigenvalue weighted by Gasteiger charge is 2.30. The molecule has 2 aromatic rings. The third-order valence-electron chi connectivity index (χ3n) is 6.21. The van der Waals surface area contributed by atoms with Gasteiger partial charge in [0.2, 0.25) is 5.91 Å². The fourth-order valence-electron chi connectivity index (χ4n) is 4.22. The molecule has 1 aliphatic rings. The lowest BCUT2D eigenvalue weighted by Gasteiger charge is -2.38. The van der Waals surface area contributed by atoms with E-state index in [-0.39, 0.29) is 11.8 Å². The summed E-state index contributed by atoms with van der Waals surface area (Å²) in [7, 11) is 0. The largest absolute Gasteiger partial charge is 0.368 e. The summed E-state index contributed by atoms with van der Waals surface area (Å²) in [4.78, 5) is 30.5. The Balaban J connectivity index is 1.67. The van der Waals surface area contributed by atoms with Crippen molar-refractivity contribution in [2.75, 3.05) is 31.1 Å². The molecule has 0 bridgehead atoms. The molecule has 1 atom stereocenters. The SMILES string of the molecule is Cc1ccccc1C(=O)N[C@@H](CC(C)C)C(=O)N1CCN(c2cccc(C)c2C)CC1. The number of nitrogens with zero attached hydrogens (tertiary/aromatic N) is 2. The maximum atomic E-state index is 13.3. The molecule has 0 spiro atoms. The van der Waals surface area contributed by atoms with E-state index in [9.17, 15) is 9.59 Å². The van der Waals surface area contributed by atoms with Gasteiger partial charge < -0.3 is 15.1 Å². The highest BCUT2D eigenvalue weighted by atomic mass is 16.2. The Morgan fingerprint density at radius 1 is 0.903 bits per heavy atom. The Kier molecular flexibility index (Phi) is 7.37. The predicted molar refractivity (Wildman–Crippen MR) is 127 cm³/mol. The van der Waals surface area contributed by atoms with Gasteiger partial charge in [0.25, 0.3) is 5.91 Å². The quantitative estimate of drug-likeness (QED) is 0.764. The summed E-state index contributed by atoms with van der Waals surface area (Å²) in [6, 6.07) is 13.4. The minimum Gasteiger partial charge on any atom is -0.368 e. The third-order valence-corrected chi connectivity index (χ3v) is 6.21. The van der Waals surface area contributed by atoms with Gasteiger partial charge in [0, 0.05) is 37.4 Å². The first-order chi connectivity index (χ1) is 14.8. The Morgan fingerprint density at radius 3 is 2.19 bits per heavy atom. The highest BCUT2D eigenvalue weighted by Crippen LogP contribution is 2.24. The number of aryl methyl sites for hydroxylation is 2. The molecular weight excluding hydrogens is 386 g/mol. The molecule has 31 heavy (non-hydrogen) atoms. The number of anilines is 1. The van der Waals surface area contributed by atoms with Gasteiger partial charge in [-0.3, -0.25) is 9.59 Å². The zero-order chi connectivity index (χ0) is 22.5. The van der Waals surface area contributed by atoms with Crippen molar-refractivity contribution < 1.29 is 9.59 Å². The number of hydrogen-bond donors (Lipinski definition) is 1. The van der Waals surface area contributed by atoms with Crippen LogP contribution in [0.1, 0.15) is 47.3 Å². The first-order valence-corrected chi connectivity index (χ1v) is 11.2. The molecule has 0 radical (unpaired) electrons. The number of nitrogens with one attached hydrogen (secondary N) is 1. The molecule has 2 amide bonds. The molecule has 1 aliphatic heterocycles. The van der Waals surface area contributed by atoms with Crippen molar-refractivity contribution in [3.8, 4) is 0 Å². The number of hydrogen-bond acceptors (Lipinski definition) is 3. The van der Waals surface area contributed by atoms with E-state index in [2.05, 4.69) is 56.1 Å². The molecule has 1 saturated heterocycles. The molecule has 1 fully saturated rings. The van der Waals surface area contributed by atoms with Gasteiger partial charge in [-0.1, -0.05) is 44.2 Å². The molecule has 0 aliphatic carbocycles. The average Bonchev–Trinajstić information content (AvgIpc) is 2.75. The highest BCUT2D eigenvalue weighted by molar-refractivity contribution is 5.98. The summed E-state index contributed by atoms with van der Waals surface area (Å²) in [5, 5.41) is 3.02. The van der Waals surface area contributed by atoms with Gasteiger partial charge in [-0.2, -0.15) is 0 Å². The summed E-state index contributed by atoms with van der Waals surface area (Å²) < 4.78 is 0. The van der Waals surface area contributed by atoms with E-state index in [0.29, 0.717) is 31.0 Å².